The van der Waals surface area contributed by atoms with Crippen molar-refractivity contribution < 1.29 is 4.79 Å². The number of hydrogen-bond donors (Lipinski definition) is 1. The molecule has 1 atom stereocenters. The molecule has 15 heavy (non-hydrogen) atoms. The summed E-state index contributed by atoms with van der Waals surface area (Å²) in [5, 5.41) is 3.24. The molecule has 1 amide bonds. The highest BCUT2D eigenvalue weighted by atomic mass is 79.9. The molecule has 1 heterocycles. The molecule has 1 rings (SSSR count). The van der Waals surface area contributed by atoms with Crippen LogP contribution in [0.2, 0.25) is 0 Å². The van der Waals surface area contributed by atoms with Gasteiger partial charge in [-0.2, -0.15) is 0 Å². The Morgan fingerprint density at radius 3 is 2.87 bits per heavy atom. The van der Waals surface area contributed by atoms with Gasteiger partial charge < -0.3 is 10.2 Å². The Balaban J connectivity index is 2.65. The van der Waals surface area contributed by atoms with Crippen LogP contribution in [-0.2, 0) is 4.79 Å². The Kier molecular flexibility index (Phi) is 4.76. The lowest BCUT2D eigenvalue weighted by atomic mass is 10.1. The highest BCUT2D eigenvalue weighted by Gasteiger charge is 2.29. The molecule has 0 aromatic rings. The van der Waals surface area contributed by atoms with Gasteiger partial charge in [-0.05, 0) is 0 Å². The van der Waals surface area contributed by atoms with Crippen molar-refractivity contribution in [3.8, 4) is 0 Å². The van der Waals surface area contributed by atoms with Crippen molar-refractivity contribution in [2.75, 3.05) is 40.3 Å². The van der Waals surface area contributed by atoms with E-state index in [1.165, 1.54) is 0 Å². The van der Waals surface area contributed by atoms with Crippen LogP contribution in [0.4, 0.5) is 0 Å². The summed E-state index contributed by atoms with van der Waals surface area (Å²) in [6, 6.07) is -0.0666. The molecule has 0 radical (unpaired) electrons. The predicted molar refractivity (Wildman–Crippen MR) is 65.0 cm³/mol. The van der Waals surface area contributed by atoms with E-state index in [0.29, 0.717) is 0 Å². The monoisotopic (exact) mass is 275 g/mol. The molecular formula is C10H18BrN3O. The summed E-state index contributed by atoms with van der Waals surface area (Å²) in [5.41, 5.74) is 0. The van der Waals surface area contributed by atoms with E-state index in [9.17, 15) is 4.79 Å². The van der Waals surface area contributed by atoms with Crippen LogP contribution in [0.15, 0.2) is 11.1 Å². The van der Waals surface area contributed by atoms with Crippen molar-refractivity contribution in [3.63, 3.8) is 0 Å². The molecule has 1 aliphatic rings. The number of carbonyl (C=O) groups is 1. The minimum atomic E-state index is -0.0666. The number of nitrogens with zero attached hydrogens (tertiary/aromatic N) is 2. The number of rotatable bonds is 3. The molecule has 0 saturated carbocycles. The largest absolute Gasteiger partial charge is 0.347 e. The van der Waals surface area contributed by atoms with Crippen molar-refractivity contribution in [2.45, 2.75) is 6.04 Å². The summed E-state index contributed by atoms with van der Waals surface area (Å²) in [6.07, 6.45) is 0. The fourth-order valence-corrected chi connectivity index (χ4v) is 2.02. The van der Waals surface area contributed by atoms with E-state index < -0.39 is 0 Å². The second kappa shape index (κ2) is 5.63. The van der Waals surface area contributed by atoms with Gasteiger partial charge in [-0.25, -0.2) is 0 Å². The van der Waals surface area contributed by atoms with Gasteiger partial charge in [0.2, 0.25) is 5.91 Å². The number of likely N-dealkylation sites (N-methyl/N-ethyl adjacent to an activating group) is 1. The lowest BCUT2D eigenvalue weighted by molar-refractivity contribution is -0.134. The van der Waals surface area contributed by atoms with Gasteiger partial charge in [0.05, 0.1) is 0 Å². The highest BCUT2D eigenvalue weighted by Crippen LogP contribution is 2.11. The van der Waals surface area contributed by atoms with Gasteiger partial charge in [0.25, 0.3) is 0 Å². The lowest BCUT2D eigenvalue weighted by Crippen LogP contribution is -2.57. The molecule has 1 aliphatic heterocycles. The maximum Gasteiger partial charge on any atom is 0.240 e. The highest BCUT2D eigenvalue weighted by molar-refractivity contribution is 9.11. The minimum absolute atomic E-state index is 0.0666. The number of carbonyl (C=O) groups excluding carboxylic acids is 1. The van der Waals surface area contributed by atoms with E-state index in [1.54, 1.807) is 19.0 Å². The molecular weight excluding hydrogens is 258 g/mol. The number of nitrogens with one attached hydrogen (secondary N) is 1. The molecule has 1 N–H and O–H groups in total. The van der Waals surface area contributed by atoms with Gasteiger partial charge in [0, 0.05) is 44.8 Å². The summed E-state index contributed by atoms with van der Waals surface area (Å²) in [5.74, 6) is 0.149. The molecule has 0 aromatic carbocycles. The van der Waals surface area contributed by atoms with Gasteiger partial charge in [0.1, 0.15) is 6.04 Å². The van der Waals surface area contributed by atoms with E-state index in [0.717, 1.165) is 30.7 Å². The van der Waals surface area contributed by atoms with Gasteiger partial charge in [-0.1, -0.05) is 22.5 Å². The van der Waals surface area contributed by atoms with E-state index in [4.69, 9.17) is 0 Å². The Hall–Kier alpha value is -0.390. The molecule has 1 saturated heterocycles. The zero-order valence-corrected chi connectivity index (χ0v) is 10.9. The van der Waals surface area contributed by atoms with Gasteiger partial charge in [-0.15, -0.1) is 0 Å². The first-order valence-electron chi connectivity index (χ1n) is 5.01. The van der Waals surface area contributed by atoms with E-state index in [2.05, 4.69) is 32.7 Å². The lowest BCUT2D eigenvalue weighted by Gasteiger charge is -2.36. The van der Waals surface area contributed by atoms with Crippen LogP contribution in [0, 0.1) is 0 Å². The maximum absolute atomic E-state index is 11.9. The van der Waals surface area contributed by atoms with E-state index in [-0.39, 0.29) is 11.9 Å². The first-order chi connectivity index (χ1) is 7.02. The Bertz CT molecular complexity index is 255. The van der Waals surface area contributed by atoms with Crippen LogP contribution in [0.25, 0.3) is 0 Å². The number of amides is 1. The average Bonchev–Trinajstić information content (AvgIpc) is 2.16. The van der Waals surface area contributed by atoms with Crippen LogP contribution in [0.3, 0.4) is 0 Å². The molecule has 0 aliphatic carbocycles. The Morgan fingerprint density at radius 1 is 1.67 bits per heavy atom. The third kappa shape index (κ3) is 3.59. The molecule has 4 nitrogen and oxygen atoms in total. The number of hydrogen-bond acceptors (Lipinski definition) is 3. The average molecular weight is 276 g/mol. The fraction of sp³-hybridized carbons (Fsp3) is 0.700. The molecule has 1 unspecified atom stereocenters. The van der Waals surface area contributed by atoms with Gasteiger partial charge in [-0.3, -0.25) is 9.69 Å². The maximum atomic E-state index is 11.9. The van der Waals surface area contributed by atoms with Crippen molar-refractivity contribution in [2.24, 2.45) is 0 Å². The van der Waals surface area contributed by atoms with Gasteiger partial charge >= 0.3 is 0 Å². The Labute approximate surface area is 99.4 Å². The van der Waals surface area contributed by atoms with Crippen molar-refractivity contribution in [3.05, 3.63) is 11.1 Å². The second-order valence-electron chi connectivity index (χ2n) is 3.94. The molecule has 86 valence electrons. The standard InChI is InChI=1S/C10H18BrN3O/c1-8(11)7-14-5-4-12-6-9(14)10(15)13(2)3/h9,12H,1,4-7H2,2-3H3. The van der Waals surface area contributed by atoms with Crippen LogP contribution < -0.4 is 5.32 Å². The van der Waals surface area contributed by atoms with Crippen molar-refractivity contribution in [1.29, 1.82) is 0 Å². The molecule has 5 heteroatoms. The van der Waals surface area contributed by atoms with Crippen LogP contribution in [-0.4, -0.2) is 62.0 Å². The van der Waals surface area contributed by atoms with Crippen molar-refractivity contribution in [1.82, 2.24) is 15.1 Å². The zero-order valence-electron chi connectivity index (χ0n) is 9.29. The predicted octanol–water partition coefficient (Wildman–Crippen LogP) is 0.257. The number of halogens is 1. The second-order valence-corrected chi connectivity index (χ2v) is 5.06. The fourth-order valence-electron chi connectivity index (χ4n) is 1.70. The van der Waals surface area contributed by atoms with Crippen molar-refractivity contribution >= 4 is 21.8 Å². The SMILES string of the molecule is C=C(Br)CN1CCNCC1C(=O)N(C)C. The Morgan fingerprint density at radius 2 is 2.33 bits per heavy atom. The van der Waals surface area contributed by atoms with Crippen LogP contribution in [0.1, 0.15) is 0 Å². The summed E-state index contributed by atoms with van der Waals surface area (Å²) in [4.78, 5) is 15.7. The normalized spacial score (nSPS) is 22.5. The molecule has 0 aromatic heterocycles. The third-order valence-corrected chi connectivity index (χ3v) is 2.71. The van der Waals surface area contributed by atoms with Crippen LogP contribution in [0.5, 0.6) is 0 Å². The van der Waals surface area contributed by atoms with Crippen LogP contribution >= 0.6 is 15.9 Å². The topological polar surface area (TPSA) is 35.6 Å². The minimum Gasteiger partial charge on any atom is -0.347 e. The number of piperazine rings is 1. The summed E-state index contributed by atoms with van der Waals surface area (Å²) >= 11 is 3.34. The third-order valence-electron chi connectivity index (χ3n) is 2.45. The summed E-state index contributed by atoms with van der Waals surface area (Å²) in [6.45, 7) is 7.08. The molecule has 1 fully saturated rings. The smallest absolute Gasteiger partial charge is 0.240 e. The molecule has 0 bridgehead atoms. The molecule has 0 spiro atoms. The zero-order chi connectivity index (χ0) is 11.4. The summed E-state index contributed by atoms with van der Waals surface area (Å²) < 4.78 is 0.918. The van der Waals surface area contributed by atoms with E-state index >= 15 is 0 Å². The first-order valence-corrected chi connectivity index (χ1v) is 5.81. The van der Waals surface area contributed by atoms with Gasteiger partial charge in [0.15, 0.2) is 0 Å². The summed E-state index contributed by atoms with van der Waals surface area (Å²) in [7, 11) is 3.58. The quantitative estimate of drug-likeness (QED) is 0.803. The first kappa shape index (κ1) is 12.7. The van der Waals surface area contributed by atoms with E-state index in [1.807, 2.05) is 0 Å².